The Morgan fingerprint density at radius 2 is 1.96 bits per heavy atom. The minimum atomic E-state index is -0.770. The summed E-state index contributed by atoms with van der Waals surface area (Å²) in [5, 5.41) is 10.9. The average molecular weight is 346 g/mol. The topological polar surface area (TPSA) is 62.2 Å². The third-order valence-electron chi connectivity index (χ3n) is 5.14. The number of para-hydroxylation sites is 2. The normalized spacial score (nSPS) is 25.2. The molecule has 0 radical (unpaired) electrons. The molecule has 6 nitrogen and oxygen atoms in total. The molecule has 6 heteroatoms. The summed E-state index contributed by atoms with van der Waals surface area (Å²) in [6.07, 6.45) is 2.67. The van der Waals surface area contributed by atoms with E-state index in [4.69, 9.17) is 9.47 Å². The predicted molar refractivity (Wildman–Crippen MR) is 94.6 cm³/mol. The lowest BCUT2D eigenvalue weighted by atomic mass is 10.1. The van der Waals surface area contributed by atoms with E-state index in [0.717, 1.165) is 37.1 Å². The Hall–Kier alpha value is -1.79. The summed E-state index contributed by atoms with van der Waals surface area (Å²) < 4.78 is 11.6. The first-order valence-electron chi connectivity index (χ1n) is 9.00. The van der Waals surface area contributed by atoms with E-state index in [-0.39, 0.29) is 18.4 Å². The number of aliphatic hydroxyl groups excluding tert-OH is 1. The summed E-state index contributed by atoms with van der Waals surface area (Å²) in [5.41, 5.74) is 1.05. The molecule has 2 atom stereocenters. The molecule has 25 heavy (non-hydrogen) atoms. The van der Waals surface area contributed by atoms with Gasteiger partial charge in [0.25, 0.3) is 0 Å². The number of nitrogens with zero attached hydrogens (tertiary/aromatic N) is 2. The molecule has 2 fully saturated rings. The lowest BCUT2D eigenvalue weighted by Crippen LogP contribution is -2.47. The molecule has 0 aromatic heterocycles. The fourth-order valence-corrected chi connectivity index (χ4v) is 3.70. The van der Waals surface area contributed by atoms with Gasteiger partial charge in [-0.1, -0.05) is 12.1 Å². The van der Waals surface area contributed by atoms with Crippen LogP contribution in [0.25, 0.3) is 0 Å². The highest BCUT2D eigenvalue weighted by Gasteiger charge is 2.52. The number of carbonyl (C=O) groups is 1. The van der Waals surface area contributed by atoms with Crippen molar-refractivity contribution in [3.8, 4) is 0 Å². The standard InChI is InChI=1S/C19H26N2O4/c1-18(2,3)25-17(23)21-12-20(13-6-4-5-7-14(13)21)16(22)15-8-9-19(24-15)10-11-19/h4-7,15-16,22H,8-12H2,1-3H3/t15-,16?/m0/s1. The molecule has 3 aliphatic rings. The monoisotopic (exact) mass is 346 g/mol. The molecule has 1 saturated carbocycles. The first-order chi connectivity index (χ1) is 11.8. The highest BCUT2D eigenvalue weighted by atomic mass is 16.6. The fourth-order valence-electron chi connectivity index (χ4n) is 3.70. The summed E-state index contributed by atoms with van der Waals surface area (Å²) in [5.74, 6) is 0. The summed E-state index contributed by atoms with van der Waals surface area (Å²) in [6, 6.07) is 7.60. The molecule has 2 heterocycles. The van der Waals surface area contributed by atoms with E-state index < -0.39 is 17.9 Å². The number of carbonyl (C=O) groups excluding carboxylic acids is 1. The molecule has 2 aliphatic heterocycles. The molecule has 1 aromatic rings. The third-order valence-corrected chi connectivity index (χ3v) is 5.14. The molecular formula is C19H26N2O4. The smallest absolute Gasteiger partial charge is 0.416 e. The highest BCUT2D eigenvalue weighted by Crippen LogP contribution is 2.51. The van der Waals surface area contributed by atoms with Gasteiger partial charge < -0.3 is 19.5 Å². The van der Waals surface area contributed by atoms with E-state index in [2.05, 4.69) is 0 Å². The molecule has 1 aromatic carbocycles. The molecule has 136 valence electrons. The molecule has 1 N–H and O–H groups in total. The van der Waals surface area contributed by atoms with Crippen LogP contribution in [0.5, 0.6) is 0 Å². The Morgan fingerprint density at radius 3 is 2.56 bits per heavy atom. The highest BCUT2D eigenvalue weighted by molar-refractivity contribution is 5.96. The first kappa shape index (κ1) is 16.7. The number of amides is 1. The van der Waals surface area contributed by atoms with Crippen LogP contribution in [0.4, 0.5) is 16.2 Å². The van der Waals surface area contributed by atoms with Crippen LogP contribution in [0.1, 0.15) is 46.5 Å². The van der Waals surface area contributed by atoms with Crippen LogP contribution in [0.15, 0.2) is 24.3 Å². The Balaban J connectivity index is 1.55. The van der Waals surface area contributed by atoms with Gasteiger partial charge in [0.2, 0.25) is 0 Å². The number of rotatable bonds is 2. The maximum Gasteiger partial charge on any atom is 0.416 e. The molecule has 0 bridgehead atoms. The van der Waals surface area contributed by atoms with Crippen molar-refractivity contribution < 1.29 is 19.4 Å². The van der Waals surface area contributed by atoms with Gasteiger partial charge in [0.05, 0.1) is 17.0 Å². The maximum atomic E-state index is 12.6. The lowest BCUT2D eigenvalue weighted by Gasteiger charge is -2.30. The summed E-state index contributed by atoms with van der Waals surface area (Å²) >= 11 is 0. The Morgan fingerprint density at radius 1 is 1.28 bits per heavy atom. The second-order valence-electron chi connectivity index (χ2n) is 8.30. The SMILES string of the molecule is CC(C)(C)OC(=O)N1CN(C(O)[C@@H]2CCC3(CC3)O2)c2ccccc21. The van der Waals surface area contributed by atoms with Crippen LogP contribution < -0.4 is 9.80 Å². The van der Waals surface area contributed by atoms with Crippen LogP contribution >= 0.6 is 0 Å². The van der Waals surface area contributed by atoms with Crippen molar-refractivity contribution >= 4 is 17.5 Å². The Kier molecular flexibility index (Phi) is 3.74. The number of anilines is 2. The predicted octanol–water partition coefficient (Wildman–Crippen LogP) is 3.24. The van der Waals surface area contributed by atoms with Gasteiger partial charge in [-0.2, -0.15) is 0 Å². The van der Waals surface area contributed by atoms with Crippen LogP contribution in [-0.2, 0) is 9.47 Å². The van der Waals surface area contributed by atoms with Crippen LogP contribution in [0.3, 0.4) is 0 Å². The second-order valence-corrected chi connectivity index (χ2v) is 8.30. The molecule has 1 amide bonds. The van der Waals surface area contributed by atoms with Crippen molar-refractivity contribution in [2.24, 2.45) is 0 Å². The third kappa shape index (κ3) is 3.09. The van der Waals surface area contributed by atoms with Crippen LogP contribution in [-0.4, -0.2) is 41.4 Å². The molecule has 1 unspecified atom stereocenters. The molecule has 4 rings (SSSR count). The largest absolute Gasteiger partial charge is 0.443 e. The quantitative estimate of drug-likeness (QED) is 0.891. The van der Waals surface area contributed by atoms with Crippen molar-refractivity contribution in [1.82, 2.24) is 0 Å². The van der Waals surface area contributed by atoms with Crippen molar-refractivity contribution in [2.75, 3.05) is 16.5 Å². The summed E-state index contributed by atoms with van der Waals surface area (Å²) in [4.78, 5) is 16.0. The van der Waals surface area contributed by atoms with E-state index in [9.17, 15) is 9.90 Å². The molecule has 1 spiro atoms. The van der Waals surface area contributed by atoms with Crippen molar-refractivity contribution in [1.29, 1.82) is 0 Å². The van der Waals surface area contributed by atoms with Gasteiger partial charge >= 0.3 is 6.09 Å². The van der Waals surface area contributed by atoms with Gasteiger partial charge in [-0.25, -0.2) is 4.79 Å². The molecule has 1 aliphatic carbocycles. The van der Waals surface area contributed by atoms with E-state index in [0.29, 0.717) is 0 Å². The minimum absolute atomic E-state index is 0.0236. The number of aliphatic hydroxyl groups is 1. The number of benzene rings is 1. The maximum absolute atomic E-state index is 12.6. The Bertz CT molecular complexity index is 680. The number of ether oxygens (including phenoxy) is 2. The second kappa shape index (κ2) is 5.61. The first-order valence-corrected chi connectivity index (χ1v) is 9.00. The number of hydrogen-bond acceptors (Lipinski definition) is 5. The van der Waals surface area contributed by atoms with E-state index in [1.165, 1.54) is 0 Å². The number of fused-ring (bicyclic) bond motifs is 1. The van der Waals surface area contributed by atoms with Crippen molar-refractivity contribution in [2.45, 2.75) is 70.0 Å². The summed E-state index contributed by atoms with van der Waals surface area (Å²) in [6.45, 7) is 5.81. The molecular weight excluding hydrogens is 320 g/mol. The molecule has 1 saturated heterocycles. The van der Waals surface area contributed by atoms with Gasteiger partial charge in [0.1, 0.15) is 18.4 Å². The van der Waals surface area contributed by atoms with E-state index >= 15 is 0 Å². The lowest BCUT2D eigenvalue weighted by molar-refractivity contribution is -0.0444. The van der Waals surface area contributed by atoms with E-state index in [1.54, 1.807) is 4.90 Å². The van der Waals surface area contributed by atoms with Crippen molar-refractivity contribution in [3.05, 3.63) is 24.3 Å². The van der Waals surface area contributed by atoms with Crippen molar-refractivity contribution in [3.63, 3.8) is 0 Å². The van der Waals surface area contributed by atoms with Gasteiger partial charge in [0, 0.05) is 0 Å². The zero-order chi connectivity index (χ0) is 17.8. The van der Waals surface area contributed by atoms with Gasteiger partial charge in [-0.05, 0) is 58.6 Å². The van der Waals surface area contributed by atoms with Crippen LogP contribution in [0, 0.1) is 0 Å². The van der Waals surface area contributed by atoms with Gasteiger partial charge in [-0.3, -0.25) is 4.90 Å². The van der Waals surface area contributed by atoms with Gasteiger partial charge in [0.15, 0.2) is 6.23 Å². The van der Waals surface area contributed by atoms with Crippen LogP contribution in [0.2, 0.25) is 0 Å². The van der Waals surface area contributed by atoms with E-state index in [1.807, 2.05) is 49.9 Å². The number of hydrogen-bond donors (Lipinski definition) is 1. The fraction of sp³-hybridized carbons (Fsp3) is 0.632. The zero-order valence-corrected chi connectivity index (χ0v) is 15.1. The Labute approximate surface area is 148 Å². The van der Waals surface area contributed by atoms with Gasteiger partial charge in [-0.15, -0.1) is 0 Å². The minimum Gasteiger partial charge on any atom is -0.443 e. The summed E-state index contributed by atoms with van der Waals surface area (Å²) in [7, 11) is 0. The zero-order valence-electron chi connectivity index (χ0n) is 15.1. The average Bonchev–Trinajstić information content (AvgIpc) is 3.01.